The Labute approximate surface area is 93.6 Å². The number of rotatable bonds is 7. The molecule has 0 aromatic heterocycles. The van der Waals surface area contributed by atoms with Gasteiger partial charge in [-0.2, -0.15) is 0 Å². The summed E-state index contributed by atoms with van der Waals surface area (Å²) in [5, 5.41) is 3.31. The molecule has 1 unspecified atom stereocenters. The first-order chi connectivity index (χ1) is 7.09. The molecule has 15 heavy (non-hydrogen) atoms. The summed E-state index contributed by atoms with van der Waals surface area (Å²) in [6, 6.07) is 0.533. The van der Waals surface area contributed by atoms with Crippen molar-refractivity contribution in [1.29, 1.82) is 0 Å². The molecule has 0 saturated heterocycles. The minimum atomic E-state index is -2.77. The molecular weight excluding hydrogens is 210 g/mol. The van der Waals surface area contributed by atoms with Gasteiger partial charge in [0.25, 0.3) is 0 Å². The molecule has 3 nitrogen and oxygen atoms in total. The summed E-state index contributed by atoms with van der Waals surface area (Å²) >= 11 is 0. The van der Waals surface area contributed by atoms with E-state index in [0.717, 1.165) is 18.8 Å². The van der Waals surface area contributed by atoms with E-state index >= 15 is 0 Å². The van der Waals surface area contributed by atoms with Gasteiger partial charge in [0.2, 0.25) is 0 Å². The van der Waals surface area contributed by atoms with Gasteiger partial charge in [-0.3, -0.25) is 0 Å². The monoisotopic (exact) mass is 233 g/mol. The standard InChI is InChI=1S/C11H23NO2S/c1-3-15(13,14)9-5-8-11(12-2)10-6-4-7-10/h10-12H,3-9H2,1-2H3. The third kappa shape index (κ3) is 4.11. The van der Waals surface area contributed by atoms with Gasteiger partial charge < -0.3 is 5.32 Å². The molecule has 0 bridgehead atoms. The second-order valence-corrected chi connectivity index (χ2v) is 6.94. The molecule has 0 radical (unpaired) electrons. The minimum absolute atomic E-state index is 0.278. The Bertz CT molecular complexity index is 270. The van der Waals surface area contributed by atoms with E-state index in [-0.39, 0.29) is 5.75 Å². The van der Waals surface area contributed by atoms with E-state index in [1.54, 1.807) is 6.92 Å². The second-order valence-electron chi connectivity index (χ2n) is 4.46. The van der Waals surface area contributed by atoms with Gasteiger partial charge in [0.15, 0.2) is 0 Å². The molecule has 0 aliphatic heterocycles. The lowest BCUT2D eigenvalue weighted by Gasteiger charge is -2.33. The molecule has 0 aromatic carbocycles. The fourth-order valence-electron chi connectivity index (χ4n) is 2.13. The van der Waals surface area contributed by atoms with E-state index in [1.165, 1.54) is 19.3 Å². The van der Waals surface area contributed by atoms with Crippen LogP contribution in [-0.4, -0.2) is 33.0 Å². The highest BCUT2D eigenvalue weighted by molar-refractivity contribution is 7.91. The summed E-state index contributed by atoms with van der Waals surface area (Å²) in [4.78, 5) is 0. The van der Waals surface area contributed by atoms with Gasteiger partial charge in [-0.1, -0.05) is 13.3 Å². The summed E-state index contributed by atoms with van der Waals surface area (Å²) in [5.74, 6) is 1.43. The van der Waals surface area contributed by atoms with E-state index < -0.39 is 9.84 Å². The first kappa shape index (κ1) is 13.0. The fourth-order valence-corrected chi connectivity index (χ4v) is 3.02. The largest absolute Gasteiger partial charge is 0.317 e. The average Bonchev–Trinajstić information content (AvgIpc) is 2.13. The van der Waals surface area contributed by atoms with Crippen LogP contribution in [0.2, 0.25) is 0 Å². The van der Waals surface area contributed by atoms with Crippen molar-refractivity contribution in [3.05, 3.63) is 0 Å². The van der Waals surface area contributed by atoms with Crippen molar-refractivity contribution in [2.45, 2.75) is 45.1 Å². The summed E-state index contributed by atoms with van der Waals surface area (Å²) in [6.07, 6.45) is 5.77. The summed E-state index contributed by atoms with van der Waals surface area (Å²) in [5.41, 5.74) is 0. The molecule has 1 atom stereocenters. The van der Waals surface area contributed by atoms with Crippen LogP contribution < -0.4 is 5.32 Å². The van der Waals surface area contributed by atoms with Gasteiger partial charge in [0, 0.05) is 11.8 Å². The smallest absolute Gasteiger partial charge is 0.150 e. The van der Waals surface area contributed by atoms with Crippen molar-refractivity contribution in [1.82, 2.24) is 5.32 Å². The second kappa shape index (κ2) is 5.85. The van der Waals surface area contributed by atoms with Gasteiger partial charge in [-0.25, -0.2) is 8.42 Å². The maximum Gasteiger partial charge on any atom is 0.150 e. The van der Waals surface area contributed by atoms with Crippen LogP contribution in [0.3, 0.4) is 0 Å². The van der Waals surface area contributed by atoms with Crippen molar-refractivity contribution in [3.8, 4) is 0 Å². The minimum Gasteiger partial charge on any atom is -0.317 e. The molecule has 4 heteroatoms. The van der Waals surface area contributed by atoms with Crippen LogP contribution in [0, 0.1) is 5.92 Å². The summed E-state index contributed by atoms with van der Waals surface area (Å²) in [6.45, 7) is 1.72. The van der Waals surface area contributed by atoms with Crippen LogP contribution >= 0.6 is 0 Å². The Morgan fingerprint density at radius 3 is 2.47 bits per heavy atom. The molecule has 1 aliphatic carbocycles. The lowest BCUT2D eigenvalue weighted by molar-refractivity contribution is 0.227. The van der Waals surface area contributed by atoms with E-state index in [2.05, 4.69) is 5.32 Å². The van der Waals surface area contributed by atoms with Crippen molar-refractivity contribution < 1.29 is 8.42 Å². The maximum atomic E-state index is 11.3. The average molecular weight is 233 g/mol. The van der Waals surface area contributed by atoms with Crippen LogP contribution in [0.25, 0.3) is 0 Å². The van der Waals surface area contributed by atoms with Crippen LogP contribution in [0.5, 0.6) is 0 Å². The third-order valence-electron chi connectivity index (χ3n) is 3.50. The van der Waals surface area contributed by atoms with Gasteiger partial charge in [0.05, 0.1) is 5.75 Å². The normalized spacial score (nSPS) is 19.9. The van der Waals surface area contributed by atoms with Crippen LogP contribution in [0.1, 0.15) is 39.0 Å². The molecule has 0 aromatic rings. The Morgan fingerprint density at radius 1 is 1.40 bits per heavy atom. The SMILES string of the molecule is CCS(=O)(=O)CCCC(NC)C1CCC1. The number of sulfone groups is 1. The molecule has 1 N–H and O–H groups in total. The van der Waals surface area contributed by atoms with Crippen molar-refractivity contribution in [2.24, 2.45) is 5.92 Å². The first-order valence-electron chi connectivity index (χ1n) is 5.96. The molecule has 90 valence electrons. The zero-order chi connectivity index (χ0) is 11.3. The van der Waals surface area contributed by atoms with Crippen molar-refractivity contribution in [2.75, 3.05) is 18.6 Å². The van der Waals surface area contributed by atoms with Crippen LogP contribution in [0.4, 0.5) is 0 Å². The molecule has 1 fully saturated rings. The van der Waals surface area contributed by atoms with Crippen LogP contribution in [-0.2, 0) is 9.84 Å². The Balaban J connectivity index is 2.22. The van der Waals surface area contributed by atoms with Crippen molar-refractivity contribution >= 4 is 9.84 Å². The number of hydrogen-bond donors (Lipinski definition) is 1. The molecule has 0 spiro atoms. The molecule has 1 saturated carbocycles. The highest BCUT2D eigenvalue weighted by atomic mass is 32.2. The van der Waals surface area contributed by atoms with Crippen molar-refractivity contribution in [3.63, 3.8) is 0 Å². The third-order valence-corrected chi connectivity index (χ3v) is 5.29. The maximum absolute atomic E-state index is 11.3. The van der Waals surface area contributed by atoms with Gasteiger partial charge in [-0.15, -0.1) is 0 Å². The lowest BCUT2D eigenvalue weighted by atomic mass is 9.78. The topological polar surface area (TPSA) is 46.2 Å². The highest BCUT2D eigenvalue weighted by Crippen LogP contribution is 2.31. The van der Waals surface area contributed by atoms with Gasteiger partial charge in [-0.05, 0) is 38.6 Å². The quantitative estimate of drug-likeness (QED) is 0.726. The predicted octanol–water partition coefficient (Wildman–Crippen LogP) is 1.59. The molecule has 0 amide bonds. The molecule has 0 heterocycles. The van der Waals surface area contributed by atoms with E-state index in [9.17, 15) is 8.42 Å². The fraction of sp³-hybridized carbons (Fsp3) is 1.00. The zero-order valence-electron chi connectivity index (χ0n) is 9.83. The lowest BCUT2D eigenvalue weighted by Crippen LogP contribution is -2.37. The van der Waals surface area contributed by atoms with E-state index in [1.807, 2.05) is 7.05 Å². The summed E-state index contributed by atoms with van der Waals surface area (Å²) in [7, 11) is -0.782. The molecule has 1 aliphatic rings. The molecular formula is C11H23NO2S. The molecule has 1 rings (SSSR count). The number of nitrogens with one attached hydrogen (secondary N) is 1. The Hall–Kier alpha value is -0.0900. The summed E-state index contributed by atoms with van der Waals surface area (Å²) < 4.78 is 22.6. The van der Waals surface area contributed by atoms with Gasteiger partial charge >= 0.3 is 0 Å². The predicted molar refractivity (Wildman–Crippen MR) is 63.8 cm³/mol. The zero-order valence-corrected chi connectivity index (χ0v) is 10.6. The van der Waals surface area contributed by atoms with E-state index in [0.29, 0.717) is 11.8 Å². The van der Waals surface area contributed by atoms with E-state index in [4.69, 9.17) is 0 Å². The number of hydrogen-bond acceptors (Lipinski definition) is 3. The Kier molecular flexibility index (Phi) is 5.06. The van der Waals surface area contributed by atoms with Gasteiger partial charge in [0.1, 0.15) is 9.84 Å². The highest BCUT2D eigenvalue weighted by Gasteiger charge is 2.25. The van der Waals surface area contributed by atoms with Crippen LogP contribution in [0.15, 0.2) is 0 Å². The Morgan fingerprint density at radius 2 is 2.07 bits per heavy atom. The first-order valence-corrected chi connectivity index (χ1v) is 7.79.